The average Bonchev–Trinajstić information content (AvgIpc) is 3.14. The molecule has 0 aliphatic heterocycles. The molecule has 0 radical (unpaired) electrons. The molecule has 2 heterocycles. The second-order valence-corrected chi connectivity index (χ2v) is 7.58. The highest BCUT2D eigenvalue weighted by atomic mass is 32.2. The topological polar surface area (TPSA) is 72.7 Å². The van der Waals surface area contributed by atoms with Crippen molar-refractivity contribution in [2.45, 2.75) is 24.3 Å². The molecule has 9 heteroatoms. The van der Waals surface area contributed by atoms with E-state index in [9.17, 15) is 9.18 Å². The zero-order chi connectivity index (χ0) is 18.0. The second-order valence-electron chi connectivity index (χ2n) is 5.42. The Morgan fingerprint density at radius 2 is 2.20 bits per heavy atom. The van der Waals surface area contributed by atoms with Crippen LogP contribution in [0.1, 0.15) is 12.6 Å². The molecule has 0 saturated heterocycles. The molecule has 1 N–H and O–H groups in total. The zero-order valence-electron chi connectivity index (χ0n) is 13.9. The first-order valence-electron chi connectivity index (χ1n) is 7.49. The van der Waals surface area contributed by atoms with E-state index in [4.69, 9.17) is 0 Å². The van der Waals surface area contributed by atoms with Gasteiger partial charge >= 0.3 is 0 Å². The Morgan fingerprint density at radius 3 is 2.88 bits per heavy atom. The average molecular weight is 377 g/mol. The van der Waals surface area contributed by atoms with E-state index in [-0.39, 0.29) is 17.0 Å². The molecule has 0 bridgehead atoms. The molecule has 0 spiro atoms. The number of anilines is 1. The molecular formula is C16H16FN5OS2. The van der Waals surface area contributed by atoms with Crippen LogP contribution < -0.4 is 5.32 Å². The number of amides is 1. The Hall–Kier alpha value is -2.26. The molecule has 2 aromatic heterocycles. The maximum atomic E-state index is 13.4. The number of hydrogen-bond acceptors (Lipinski definition) is 6. The van der Waals surface area contributed by atoms with Crippen LogP contribution in [0, 0.1) is 12.7 Å². The van der Waals surface area contributed by atoms with Crippen molar-refractivity contribution < 1.29 is 9.18 Å². The van der Waals surface area contributed by atoms with Gasteiger partial charge in [0.2, 0.25) is 5.91 Å². The maximum Gasteiger partial charge on any atom is 0.239 e. The van der Waals surface area contributed by atoms with E-state index in [1.807, 2.05) is 12.3 Å². The van der Waals surface area contributed by atoms with Gasteiger partial charge in [-0.2, -0.15) is 0 Å². The van der Waals surface area contributed by atoms with Gasteiger partial charge in [-0.3, -0.25) is 4.79 Å². The minimum absolute atomic E-state index is 0.158. The number of hydrogen-bond donors (Lipinski definition) is 1. The fourth-order valence-electron chi connectivity index (χ4n) is 2.13. The number of aryl methyl sites for hydroxylation is 1. The van der Waals surface area contributed by atoms with Gasteiger partial charge in [-0.25, -0.2) is 9.37 Å². The second kappa shape index (κ2) is 7.32. The molecule has 130 valence electrons. The Kier molecular flexibility index (Phi) is 5.14. The molecule has 25 heavy (non-hydrogen) atoms. The summed E-state index contributed by atoms with van der Waals surface area (Å²) in [5, 5.41) is 13.7. The number of halogens is 1. The Morgan fingerprint density at radius 1 is 1.40 bits per heavy atom. The SMILES string of the molecule is Cc1csc(NC(=O)[C@@H](C)Sc2nnc(-c3cccc(F)c3)n2C)n1. The van der Waals surface area contributed by atoms with Crippen LogP contribution in [0.5, 0.6) is 0 Å². The standard InChI is InChI=1S/C16H16FN5OS2/c1-9-8-24-15(18-9)19-14(23)10(2)25-16-21-20-13(22(16)3)11-5-4-6-12(17)7-11/h4-8,10H,1-3H3,(H,18,19,23)/t10-/m1/s1. The summed E-state index contributed by atoms with van der Waals surface area (Å²) < 4.78 is 15.1. The van der Waals surface area contributed by atoms with Gasteiger partial charge in [-0.1, -0.05) is 23.9 Å². The van der Waals surface area contributed by atoms with Gasteiger partial charge in [0, 0.05) is 18.0 Å². The van der Waals surface area contributed by atoms with Crippen molar-refractivity contribution in [3.05, 3.63) is 41.2 Å². The fourth-order valence-corrected chi connectivity index (χ4v) is 3.63. The fraction of sp³-hybridized carbons (Fsp3) is 0.250. The van der Waals surface area contributed by atoms with Crippen LogP contribution in [0.25, 0.3) is 11.4 Å². The number of rotatable bonds is 5. The van der Waals surface area contributed by atoms with Gasteiger partial charge in [0.15, 0.2) is 16.1 Å². The third kappa shape index (κ3) is 4.05. The molecule has 0 aliphatic carbocycles. The van der Waals surface area contributed by atoms with Crippen LogP contribution in [-0.2, 0) is 11.8 Å². The predicted octanol–water partition coefficient (Wildman–Crippen LogP) is 3.51. The minimum Gasteiger partial charge on any atom is -0.305 e. The van der Waals surface area contributed by atoms with Crippen molar-refractivity contribution in [2.75, 3.05) is 5.32 Å². The quantitative estimate of drug-likeness (QED) is 0.689. The van der Waals surface area contributed by atoms with E-state index in [0.717, 1.165) is 5.69 Å². The summed E-state index contributed by atoms with van der Waals surface area (Å²) in [6.07, 6.45) is 0. The molecule has 1 aromatic carbocycles. The molecular weight excluding hydrogens is 361 g/mol. The first-order valence-corrected chi connectivity index (χ1v) is 9.25. The summed E-state index contributed by atoms with van der Waals surface area (Å²) >= 11 is 2.67. The van der Waals surface area contributed by atoms with Crippen molar-refractivity contribution in [1.29, 1.82) is 0 Å². The number of carbonyl (C=O) groups excluding carboxylic acids is 1. The van der Waals surface area contributed by atoms with E-state index in [2.05, 4.69) is 20.5 Å². The van der Waals surface area contributed by atoms with Crippen molar-refractivity contribution >= 4 is 34.1 Å². The predicted molar refractivity (Wildman–Crippen MR) is 97.2 cm³/mol. The van der Waals surface area contributed by atoms with Crippen LogP contribution in [-0.4, -0.2) is 30.9 Å². The normalized spacial score (nSPS) is 12.2. The largest absolute Gasteiger partial charge is 0.305 e. The van der Waals surface area contributed by atoms with E-state index >= 15 is 0 Å². The molecule has 3 aromatic rings. The first kappa shape index (κ1) is 17.6. The minimum atomic E-state index is -0.382. The highest BCUT2D eigenvalue weighted by Gasteiger charge is 2.20. The molecule has 6 nitrogen and oxygen atoms in total. The van der Waals surface area contributed by atoms with Crippen LogP contribution in [0.3, 0.4) is 0 Å². The van der Waals surface area contributed by atoms with Gasteiger partial charge < -0.3 is 9.88 Å². The summed E-state index contributed by atoms with van der Waals surface area (Å²) in [5.41, 5.74) is 1.51. The number of benzene rings is 1. The smallest absolute Gasteiger partial charge is 0.239 e. The number of thioether (sulfide) groups is 1. The Labute approximate surface area is 152 Å². The van der Waals surface area contributed by atoms with Gasteiger partial charge in [-0.15, -0.1) is 21.5 Å². The first-order chi connectivity index (χ1) is 11.9. The van der Waals surface area contributed by atoms with Crippen molar-refractivity contribution in [3.63, 3.8) is 0 Å². The highest BCUT2D eigenvalue weighted by Crippen LogP contribution is 2.27. The molecule has 0 unspecified atom stereocenters. The highest BCUT2D eigenvalue weighted by molar-refractivity contribution is 8.00. The number of nitrogens with zero attached hydrogens (tertiary/aromatic N) is 4. The van der Waals surface area contributed by atoms with Gasteiger partial charge in [0.25, 0.3) is 0 Å². The van der Waals surface area contributed by atoms with Gasteiger partial charge in [0.05, 0.1) is 10.9 Å². The Bertz CT molecular complexity index is 908. The third-order valence-corrected chi connectivity index (χ3v) is 5.43. The molecule has 0 aliphatic rings. The summed E-state index contributed by atoms with van der Waals surface area (Å²) in [6, 6.07) is 6.17. The number of aromatic nitrogens is 4. The monoisotopic (exact) mass is 377 g/mol. The van der Waals surface area contributed by atoms with E-state index in [0.29, 0.717) is 21.7 Å². The van der Waals surface area contributed by atoms with Crippen LogP contribution in [0.4, 0.5) is 9.52 Å². The lowest BCUT2D eigenvalue weighted by atomic mass is 10.2. The molecule has 0 fully saturated rings. The summed E-state index contributed by atoms with van der Waals surface area (Å²) in [5.74, 6) is 0.0565. The van der Waals surface area contributed by atoms with Crippen molar-refractivity contribution in [1.82, 2.24) is 19.7 Å². The lowest BCUT2D eigenvalue weighted by Gasteiger charge is -2.10. The summed E-state index contributed by atoms with van der Waals surface area (Å²) in [4.78, 5) is 16.5. The summed E-state index contributed by atoms with van der Waals surface area (Å²) in [7, 11) is 1.79. The van der Waals surface area contributed by atoms with Gasteiger partial charge in [-0.05, 0) is 26.0 Å². The lowest BCUT2D eigenvalue weighted by Crippen LogP contribution is -2.22. The lowest BCUT2D eigenvalue weighted by molar-refractivity contribution is -0.115. The Balaban J connectivity index is 1.71. The molecule has 1 atom stereocenters. The third-order valence-electron chi connectivity index (χ3n) is 3.42. The number of thiazole rings is 1. The van der Waals surface area contributed by atoms with Crippen LogP contribution in [0.2, 0.25) is 0 Å². The van der Waals surface area contributed by atoms with Crippen molar-refractivity contribution in [3.8, 4) is 11.4 Å². The molecule has 3 rings (SSSR count). The molecule has 1 amide bonds. The maximum absolute atomic E-state index is 13.4. The number of carbonyl (C=O) groups is 1. The van der Waals surface area contributed by atoms with Crippen LogP contribution in [0.15, 0.2) is 34.8 Å². The molecule has 0 saturated carbocycles. The van der Waals surface area contributed by atoms with E-state index in [1.165, 1.54) is 35.2 Å². The van der Waals surface area contributed by atoms with Crippen molar-refractivity contribution in [2.24, 2.45) is 7.05 Å². The van der Waals surface area contributed by atoms with Crippen LogP contribution >= 0.6 is 23.1 Å². The van der Waals surface area contributed by atoms with E-state index < -0.39 is 0 Å². The van der Waals surface area contributed by atoms with Gasteiger partial charge in [0.1, 0.15) is 5.82 Å². The summed E-state index contributed by atoms with van der Waals surface area (Å²) in [6.45, 7) is 3.66. The zero-order valence-corrected chi connectivity index (χ0v) is 15.5. The van der Waals surface area contributed by atoms with E-state index in [1.54, 1.807) is 30.7 Å². The number of nitrogens with one attached hydrogen (secondary N) is 1.